The Labute approximate surface area is 110 Å². The highest BCUT2D eigenvalue weighted by Crippen LogP contribution is 2.25. The topological polar surface area (TPSA) is 28.2 Å². The number of aromatic nitrogens is 1. The second-order valence-corrected chi connectivity index (χ2v) is 5.57. The van der Waals surface area contributed by atoms with Gasteiger partial charge in [-0.15, -0.1) is 0 Å². The first-order chi connectivity index (χ1) is 8.84. The minimum Gasteiger partial charge on any atom is -0.357 e. The predicted molar refractivity (Wildman–Crippen MR) is 75.2 cm³/mol. The molecule has 0 spiro atoms. The van der Waals surface area contributed by atoms with Gasteiger partial charge in [0.25, 0.3) is 0 Å². The summed E-state index contributed by atoms with van der Waals surface area (Å²) in [7, 11) is 2.21. The van der Waals surface area contributed by atoms with E-state index in [1.165, 1.54) is 62.1 Å². The number of hydrogen-bond donors (Lipinski definition) is 1. The van der Waals surface area contributed by atoms with Gasteiger partial charge in [-0.05, 0) is 63.2 Å². The Hall–Kier alpha value is -1.09. The molecule has 1 fully saturated rings. The van der Waals surface area contributed by atoms with E-state index in [2.05, 4.69) is 29.4 Å². The van der Waals surface area contributed by atoms with Gasteiger partial charge in [-0.25, -0.2) is 4.98 Å². The Morgan fingerprint density at radius 2 is 2.11 bits per heavy atom. The summed E-state index contributed by atoms with van der Waals surface area (Å²) in [5.74, 6) is 1.17. The van der Waals surface area contributed by atoms with Crippen molar-refractivity contribution in [1.82, 2.24) is 10.3 Å². The standard InChI is InChI=1S/C15H23N3/c1-18(13-5-3-10-16-11-9-13)15-8-7-12-4-2-6-14(12)17-15/h7-8,13,16H,2-6,9-11H2,1H3. The van der Waals surface area contributed by atoms with Crippen molar-refractivity contribution in [3.8, 4) is 0 Å². The van der Waals surface area contributed by atoms with Crippen LogP contribution in [0.25, 0.3) is 0 Å². The lowest BCUT2D eigenvalue weighted by Gasteiger charge is -2.28. The van der Waals surface area contributed by atoms with E-state index in [1.54, 1.807) is 0 Å². The van der Waals surface area contributed by atoms with Gasteiger partial charge in [0.15, 0.2) is 0 Å². The van der Waals surface area contributed by atoms with Gasteiger partial charge in [0.1, 0.15) is 5.82 Å². The number of pyridine rings is 1. The Morgan fingerprint density at radius 1 is 1.17 bits per heavy atom. The van der Waals surface area contributed by atoms with Crippen LogP contribution in [0.15, 0.2) is 12.1 Å². The number of fused-ring (bicyclic) bond motifs is 1. The lowest BCUT2D eigenvalue weighted by atomic mass is 10.1. The Morgan fingerprint density at radius 3 is 3.06 bits per heavy atom. The predicted octanol–water partition coefficient (Wildman–Crippen LogP) is 2.15. The molecule has 1 unspecified atom stereocenters. The average molecular weight is 245 g/mol. The maximum absolute atomic E-state index is 4.86. The molecule has 1 N–H and O–H groups in total. The number of anilines is 1. The summed E-state index contributed by atoms with van der Waals surface area (Å²) in [6.45, 7) is 2.31. The van der Waals surface area contributed by atoms with Crippen molar-refractivity contribution >= 4 is 5.82 Å². The molecule has 18 heavy (non-hydrogen) atoms. The normalized spacial score (nSPS) is 23.5. The summed E-state index contributed by atoms with van der Waals surface area (Å²) < 4.78 is 0. The van der Waals surface area contributed by atoms with Crippen molar-refractivity contribution in [2.24, 2.45) is 0 Å². The Kier molecular flexibility index (Phi) is 3.50. The molecule has 1 atom stereocenters. The number of rotatable bonds is 2. The van der Waals surface area contributed by atoms with Gasteiger partial charge in [-0.1, -0.05) is 6.07 Å². The van der Waals surface area contributed by atoms with Crippen molar-refractivity contribution in [2.45, 2.75) is 44.6 Å². The fourth-order valence-electron chi connectivity index (χ4n) is 3.18. The molecule has 0 saturated carbocycles. The molecule has 0 aromatic carbocycles. The van der Waals surface area contributed by atoms with Gasteiger partial charge in [0, 0.05) is 18.8 Å². The molecule has 2 heterocycles. The largest absolute Gasteiger partial charge is 0.357 e. The van der Waals surface area contributed by atoms with E-state index in [9.17, 15) is 0 Å². The van der Waals surface area contributed by atoms with E-state index in [1.807, 2.05) is 0 Å². The highest BCUT2D eigenvalue weighted by atomic mass is 15.2. The van der Waals surface area contributed by atoms with Crippen molar-refractivity contribution in [3.63, 3.8) is 0 Å². The zero-order chi connectivity index (χ0) is 12.4. The maximum atomic E-state index is 4.86. The second kappa shape index (κ2) is 5.27. The monoisotopic (exact) mass is 245 g/mol. The van der Waals surface area contributed by atoms with E-state index in [0.29, 0.717) is 6.04 Å². The molecule has 1 aromatic heterocycles. The third-order valence-corrected chi connectivity index (χ3v) is 4.37. The smallest absolute Gasteiger partial charge is 0.128 e. The SMILES string of the molecule is CN(c1ccc2c(n1)CCC2)C1CCCNCC1. The van der Waals surface area contributed by atoms with Crippen LogP contribution < -0.4 is 10.2 Å². The Balaban J connectivity index is 1.76. The Bertz CT molecular complexity index is 408. The lowest BCUT2D eigenvalue weighted by Crippen LogP contribution is -2.33. The number of aryl methyl sites for hydroxylation is 2. The fourth-order valence-corrected chi connectivity index (χ4v) is 3.18. The van der Waals surface area contributed by atoms with Crippen LogP contribution in [-0.2, 0) is 12.8 Å². The molecule has 1 saturated heterocycles. The zero-order valence-electron chi connectivity index (χ0n) is 11.3. The molecule has 0 radical (unpaired) electrons. The molecule has 1 aliphatic heterocycles. The van der Waals surface area contributed by atoms with Crippen LogP contribution in [0.5, 0.6) is 0 Å². The van der Waals surface area contributed by atoms with E-state index in [4.69, 9.17) is 4.98 Å². The molecule has 0 bridgehead atoms. The summed E-state index contributed by atoms with van der Waals surface area (Å²) in [6, 6.07) is 5.14. The number of nitrogens with zero attached hydrogens (tertiary/aromatic N) is 2. The number of hydrogen-bond acceptors (Lipinski definition) is 3. The van der Waals surface area contributed by atoms with Crippen LogP contribution in [0.4, 0.5) is 5.82 Å². The third-order valence-electron chi connectivity index (χ3n) is 4.37. The molecular weight excluding hydrogens is 222 g/mol. The van der Waals surface area contributed by atoms with Gasteiger partial charge in [0.05, 0.1) is 0 Å². The molecule has 2 aliphatic rings. The fraction of sp³-hybridized carbons (Fsp3) is 0.667. The minimum absolute atomic E-state index is 0.645. The van der Waals surface area contributed by atoms with E-state index < -0.39 is 0 Å². The molecule has 1 aromatic rings. The molecule has 98 valence electrons. The molecule has 1 aliphatic carbocycles. The average Bonchev–Trinajstić information content (AvgIpc) is 2.69. The van der Waals surface area contributed by atoms with Gasteiger partial charge >= 0.3 is 0 Å². The van der Waals surface area contributed by atoms with Crippen molar-refractivity contribution in [3.05, 3.63) is 23.4 Å². The zero-order valence-corrected chi connectivity index (χ0v) is 11.3. The van der Waals surface area contributed by atoms with Gasteiger partial charge in [0.2, 0.25) is 0 Å². The summed E-state index contributed by atoms with van der Waals surface area (Å²) in [5.41, 5.74) is 2.81. The molecule has 3 rings (SSSR count). The summed E-state index contributed by atoms with van der Waals surface area (Å²) in [6.07, 6.45) is 7.46. The van der Waals surface area contributed by atoms with Gasteiger partial charge in [-0.2, -0.15) is 0 Å². The molecule has 0 amide bonds. The summed E-state index contributed by atoms with van der Waals surface area (Å²) in [5, 5.41) is 3.48. The van der Waals surface area contributed by atoms with Crippen LogP contribution in [0, 0.1) is 0 Å². The van der Waals surface area contributed by atoms with Gasteiger partial charge in [-0.3, -0.25) is 0 Å². The van der Waals surface area contributed by atoms with Crippen LogP contribution >= 0.6 is 0 Å². The van der Waals surface area contributed by atoms with Crippen molar-refractivity contribution in [1.29, 1.82) is 0 Å². The van der Waals surface area contributed by atoms with Crippen molar-refractivity contribution < 1.29 is 0 Å². The highest BCUT2D eigenvalue weighted by molar-refractivity contribution is 5.43. The minimum atomic E-state index is 0.645. The second-order valence-electron chi connectivity index (χ2n) is 5.57. The summed E-state index contributed by atoms with van der Waals surface area (Å²) in [4.78, 5) is 7.26. The molecule has 3 heteroatoms. The van der Waals surface area contributed by atoms with Crippen LogP contribution in [-0.4, -0.2) is 31.2 Å². The van der Waals surface area contributed by atoms with E-state index in [0.717, 1.165) is 6.54 Å². The molecular formula is C15H23N3. The highest BCUT2D eigenvalue weighted by Gasteiger charge is 2.20. The first kappa shape index (κ1) is 12.0. The van der Waals surface area contributed by atoms with E-state index >= 15 is 0 Å². The quantitative estimate of drug-likeness (QED) is 0.865. The summed E-state index contributed by atoms with van der Waals surface area (Å²) >= 11 is 0. The van der Waals surface area contributed by atoms with Crippen LogP contribution in [0.1, 0.15) is 36.9 Å². The molecule has 3 nitrogen and oxygen atoms in total. The first-order valence-electron chi connectivity index (χ1n) is 7.27. The lowest BCUT2D eigenvalue weighted by molar-refractivity contribution is 0.562. The van der Waals surface area contributed by atoms with Crippen LogP contribution in [0.2, 0.25) is 0 Å². The maximum Gasteiger partial charge on any atom is 0.128 e. The third kappa shape index (κ3) is 2.37. The first-order valence-corrected chi connectivity index (χ1v) is 7.27. The van der Waals surface area contributed by atoms with Crippen LogP contribution in [0.3, 0.4) is 0 Å². The van der Waals surface area contributed by atoms with Crippen molar-refractivity contribution in [2.75, 3.05) is 25.0 Å². The van der Waals surface area contributed by atoms with E-state index in [-0.39, 0.29) is 0 Å². The van der Waals surface area contributed by atoms with Gasteiger partial charge < -0.3 is 10.2 Å². The number of nitrogens with one attached hydrogen (secondary N) is 1.